The minimum absolute atomic E-state index is 0.0502. The highest BCUT2D eigenvalue weighted by Gasteiger charge is 2.14. The van der Waals surface area contributed by atoms with E-state index in [1.165, 1.54) is 5.56 Å². The van der Waals surface area contributed by atoms with Gasteiger partial charge in [0.05, 0.1) is 12.6 Å². The molecule has 2 unspecified atom stereocenters. The number of hydrogen-bond acceptors (Lipinski definition) is 3. The molecule has 0 aliphatic heterocycles. The lowest BCUT2D eigenvalue weighted by molar-refractivity contribution is -0.122. The van der Waals surface area contributed by atoms with Gasteiger partial charge in [-0.2, -0.15) is 0 Å². The van der Waals surface area contributed by atoms with Gasteiger partial charge in [-0.1, -0.05) is 50.6 Å². The second-order valence-electron chi connectivity index (χ2n) is 5.41. The normalized spacial score (nSPS) is 14.1. The third-order valence-corrected chi connectivity index (χ3v) is 3.52. The average molecular weight is 278 g/mol. The zero-order chi connectivity index (χ0) is 15.0. The molecule has 0 bridgehead atoms. The quantitative estimate of drug-likeness (QED) is 0.760. The van der Waals surface area contributed by atoms with Crippen LogP contribution >= 0.6 is 0 Å². The van der Waals surface area contributed by atoms with Gasteiger partial charge in [0.2, 0.25) is 5.91 Å². The number of likely N-dealkylation sites (N-methyl/N-ethyl adjacent to an activating group) is 1. The Morgan fingerprint density at radius 2 is 2.00 bits per heavy atom. The largest absolute Gasteiger partial charge is 0.391 e. The van der Waals surface area contributed by atoms with Crippen LogP contribution in [-0.2, 0) is 11.3 Å². The van der Waals surface area contributed by atoms with Crippen LogP contribution in [0.4, 0.5) is 0 Å². The Morgan fingerprint density at radius 1 is 1.35 bits per heavy atom. The van der Waals surface area contributed by atoms with Crippen molar-refractivity contribution in [2.45, 2.75) is 32.9 Å². The Balaban J connectivity index is 2.28. The van der Waals surface area contributed by atoms with E-state index in [-0.39, 0.29) is 11.8 Å². The summed E-state index contributed by atoms with van der Waals surface area (Å²) in [5.74, 6) is 0.156. The van der Waals surface area contributed by atoms with E-state index in [2.05, 4.69) is 5.32 Å². The number of carbonyl (C=O) groups is 1. The molecule has 4 nitrogen and oxygen atoms in total. The molecule has 0 radical (unpaired) electrons. The van der Waals surface area contributed by atoms with E-state index in [9.17, 15) is 9.90 Å². The number of nitrogens with one attached hydrogen (secondary N) is 1. The molecule has 4 heteroatoms. The maximum atomic E-state index is 11.8. The summed E-state index contributed by atoms with van der Waals surface area (Å²) in [4.78, 5) is 13.8. The van der Waals surface area contributed by atoms with Gasteiger partial charge in [0, 0.05) is 13.1 Å². The summed E-state index contributed by atoms with van der Waals surface area (Å²) in [6.45, 7) is 5.42. The molecule has 0 spiro atoms. The summed E-state index contributed by atoms with van der Waals surface area (Å²) in [6, 6.07) is 10.0. The Labute approximate surface area is 121 Å². The van der Waals surface area contributed by atoms with E-state index in [4.69, 9.17) is 0 Å². The molecule has 0 aliphatic carbocycles. The molecule has 0 aromatic heterocycles. The van der Waals surface area contributed by atoms with Crippen LogP contribution in [0.25, 0.3) is 0 Å². The van der Waals surface area contributed by atoms with Crippen molar-refractivity contribution in [3.8, 4) is 0 Å². The summed E-state index contributed by atoms with van der Waals surface area (Å²) in [5.41, 5.74) is 1.18. The molecule has 1 aromatic rings. The highest BCUT2D eigenvalue weighted by molar-refractivity contribution is 5.77. The van der Waals surface area contributed by atoms with Crippen LogP contribution in [0, 0.1) is 5.92 Å². The first-order valence-corrected chi connectivity index (χ1v) is 7.20. The van der Waals surface area contributed by atoms with E-state index in [0.29, 0.717) is 13.1 Å². The van der Waals surface area contributed by atoms with Crippen molar-refractivity contribution < 1.29 is 9.90 Å². The lowest BCUT2D eigenvalue weighted by Crippen LogP contribution is -2.40. The van der Waals surface area contributed by atoms with E-state index in [0.717, 1.165) is 13.0 Å². The number of nitrogens with zero attached hydrogens (tertiary/aromatic N) is 1. The van der Waals surface area contributed by atoms with Gasteiger partial charge in [-0.3, -0.25) is 9.69 Å². The van der Waals surface area contributed by atoms with Gasteiger partial charge in [-0.25, -0.2) is 0 Å². The molecule has 0 saturated heterocycles. The van der Waals surface area contributed by atoms with Gasteiger partial charge in [0.1, 0.15) is 0 Å². The molecule has 0 aliphatic rings. The second-order valence-corrected chi connectivity index (χ2v) is 5.41. The minimum Gasteiger partial charge on any atom is -0.391 e. The number of hydrogen-bond donors (Lipinski definition) is 2. The van der Waals surface area contributed by atoms with Gasteiger partial charge in [0.25, 0.3) is 0 Å². The second kappa shape index (κ2) is 8.72. The summed E-state index contributed by atoms with van der Waals surface area (Å²) in [5, 5.41) is 12.6. The van der Waals surface area contributed by atoms with Gasteiger partial charge in [-0.05, 0) is 18.5 Å². The first-order valence-electron chi connectivity index (χ1n) is 7.20. The molecule has 20 heavy (non-hydrogen) atoms. The molecule has 2 N–H and O–H groups in total. The zero-order valence-electron chi connectivity index (χ0n) is 12.7. The fraction of sp³-hybridized carbons (Fsp3) is 0.562. The van der Waals surface area contributed by atoms with Crippen LogP contribution in [0.1, 0.15) is 25.8 Å². The molecule has 1 aromatic carbocycles. The van der Waals surface area contributed by atoms with Gasteiger partial charge < -0.3 is 10.4 Å². The standard InChI is InChI=1S/C16H26N2O2/c1-4-13(2)15(19)10-17-16(20)12-18(3)11-14-8-6-5-7-9-14/h5-9,13,15,19H,4,10-12H2,1-3H3,(H,17,20). The van der Waals surface area contributed by atoms with E-state index in [1.54, 1.807) is 0 Å². The molecule has 0 saturated carbocycles. The third kappa shape index (κ3) is 6.17. The molecular formula is C16H26N2O2. The summed E-state index contributed by atoms with van der Waals surface area (Å²) >= 11 is 0. The molecular weight excluding hydrogens is 252 g/mol. The number of carbonyl (C=O) groups excluding carboxylic acids is 1. The van der Waals surface area contributed by atoms with Crippen molar-refractivity contribution in [1.82, 2.24) is 10.2 Å². The monoisotopic (exact) mass is 278 g/mol. The van der Waals surface area contributed by atoms with Crippen molar-refractivity contribution in [2.75, 3.05) is 20.1 Å². The fourth-order valence-electron chi connectivity index (χ4n) is 1.94. The Hall–Kier alpha value is -1.39. The number of benzene rings is 1. The Morgan fingerprint density at radius 3 is 2.60 bits per heavy atom. The molecule has 1 rings (SSSR count). The van der Waals surface area contributed by atoms with Crippen LogP contribution < -0.4 is 5.32 Å². The SMILES string of the molecule is CCC(C)C(O)CNC(=O)CN(C)Cc1ccccc1. The van der Waals surface area contributed by atoms with Crippen LogP contribution in [0.2, 0.25) is 0 Å². The maximum Gasteiger partial charge on any atom is 0.234 e. The van der Waals surface area contributed by atoms with Crippen molar-refractivity contribution in [3.05, 3.63) is 35.9 Å². The predicted molar refractivity (Wildman–Crippen MR) is 81.2 cm³/mol. The van der Waals surface area contributed by atoms with Crippen molar-refractivity contribution in [2.24, 2.45) is 5.92 Å². The van der Waals surface area contributed by atoms with Crippen molar-refractivity contribution in [1.29, 1.82) is 0 Å². The van der Waals surface area contributed by atoms with Gasteiger partial charge in [0.15, 0.2) is 0 Å². The number of aliphatic hydroxyl groups excluding tert-OH is 1. The number of aliphatic hydroxyl groups is 1. The lowest BCUT2D eigenvalue weighted by atomic mass is 10.0. The summed E-state index contributed by atoms with van der Waals surface area (Å²) in [6.07, 6.45) is 0.439. The predicted octanol–water partition coefficient (Wildman–Crippen LogP) is 1.64. The fourth-order valence-corrected chi connectivity index (χ4v) is 1.94. The molecule has 112 valence electrons. The van der Waals surface area contributed by atoms with Crippen LogP contribution in [0.5, 0.6) is 0 Å². The highest BCUT2D eigenvalue weighted by Crippen LogP contribution is 2.06. The Kier molecular flexibility index (Phi) is 7.26. The van der Waals surface area contributed by atoms with E-state index < -0.39 is 6.10 Å². The van der Waals surface area contributed by atoms with E-state index >= 15 is 0 Å². The van der Waals surface area contributed by atoms with E-state index in [1.807, 2.05) is 56.1 Å². The maximum absolute atomic E-state index is 11.8. The highest BCUT2D eigenvalue weighted by atomic mass is 16.3. The zero-order valence-corrected chi connectivity index (χ0v) is 12.7. The van der Waals surface area contributed by atoms with Crippen molar-refractivity contribution in [3.63, 3.8) is 0 Å². The summed E-state index contributed by atoms with van der Waals surface area (Å²) in [7, 11) is 1.91. The van der Waals surface area contributed by atoms with Gasteiger partial charge in [-0.15, -0.1) is 0 Å². The topological polar surface area (TPSA) is 52.6 Å². The summed E-state index contributed by atoms with van der Waals surface area (Å²) < 4.78 is 0. The lowest BCUT2D eigenvalue weighted by Gasteiger charge is -2.20. The molecule has 0 heterocycles. The third-order valence-electron chi connectivity index (χ3n) is 3.52. The smallest absolute Gasteiger partial charge is 0.234 e. The van der Waals surface area contributed by atoms with Crippen LogP contribution in [0.15, 0.2) is 30.3 Å². The number of amides is 1. The first-order chi connectivity index (χ1) is 9.52. The number of rotatable bonds is 8. The van der Waals surface area contributed by atoms with Crippen LogP contribution in [-0.4, -0.2) is 42.2 Å². The first kappa shape index (κ1) is 16.7. The Bertz CT molecular complexity index is 395. The minimum atomic E-state index is -0.469. The van der Waals surface area contributed by atoms with Gasteiger partial charge >= 0.3 is 0 Å². The molecule has 1 amide bonds. The van der Waals surface area contributed by atoms with Crippen molar-refractivity contribution >= 4 is 5.91 Å². The average Bonchev–Trinajstić information content (AvgIpc) is 2.44. The molecule has 2 atom stereocenters. The van der Waals surface area contributed by atoms with Crippen LogP contribution in [0.3, 0.4) is 0 Å². The molecule has 0 fully saturated rings.